The molecule has 0 spiro atoms. The highest BCUT2D eigenvalue weighted by atomic mass is 32.1. The summed E-state index contributed by atoms with van der Waals surface area (Å²) in [5.74, 6) is 2.23. The lowest BCUT2D eigenvalue weighted by atomic mass is 10.1. The predicted octanol–water partition coefficient (Wildman–Crippen LogP) is 4.74. The van der Waals surface area contributed by atoms with Crippen LogP contribution in [0.25, 0.3) is 26.0 Å². The van der Waals surface area contributed by atoms with Crippen molar-refractivity contribution in [1.29, 1.82) is 0 Å². The maximum absolute atomic E-state index is 6.33. The average molecular weight is 422 g/mol. The Morgan fingerprint density at radius 2 is 2.13 bits per heavy atom. The van der Waals surface area contributed by atoms with Gasteiger partial charge in [0.25, 0.3) is 0 Å². The molecule has 30 heavy (non-hydrogen) atoms. The molecule has 2 N–H and O–H groups in total. The minimum absolute atomic E-state index is 0.514. The summed E-state index contributed by atoms with van der Waals surface area (Å²) in [5.41, 5.74) is 10.7. The molecule has 156 valence electrons. The van der Waals surface area contributed by atoms with Crippen molar-refractivity contribution in [3.63, 3.8) is 0 Å². The van der Waals surface area contributed by atoms with Gasteiger partial charge < -0.3 is 10.5 Å². The molecule has 6 nitrogen and oxygen atoms in total. The number of benzene rings is 1. The lowest BCUT2D eigenvalue weighted by molar-refractivity contribution is 0.309. The van der Waals surface area contributed by atoms with E-state index in [0.717, 1.165) is 57.7 Å². The SMILES string of the molecule is CCC1CCN(Cc2cc(-c3cc4cc(C)cc(OC)c4s3)c3c(N)ncnn23)C1. The molecule has 3 aromatic heterocycles. The third-order valence-corrected chi connectivity index (χ3v) is 7.40. The van der Waals surface area contributed by atoms with Crippen LogP contribution in [0.15, 0.2) is 30.6 Å². The maximum Gasteiger partial charge on any atom is 0.152 e. The number of fused-ring (bicyclic) bond motifs is 2. The molecule has 1 fully saturated rings. The smallest absolute Gasteiger partial charge is 0.152 e. The topological polar surface area (TPSA) is 68.7 Å². The van der Waals surface area contributed by atoms with E-state index in [-0.39, 0.29) is 0 Å². The van der Waals surface area contributed by atoms with Gasteiger partial charge in [0.05, 0.1) is 17.5 Å². The van der Waals surface area contributed by atoms with Crippen LogP contribution in [-0.4, -0.2) is 39.7 Å². The average Bonchev–Trinajstić information content (AvgIpc) is 3.45. The summed E-state index contributed by atoms with van der Waals surface area (Å²) < 4.78 is 8.76. The van der Waals surface area contributed by atoms with Crippen molar-refractivity contribution in [3.8, 4) is 16.2 Å². The molecule has 1 saturated heterocycles. The van der Waals surface area contributed by atoms with Crippen molar-refractivity contribution in [1.82, 2.24) is 19.5 Å². The second-order valence-corrected chi connectivity index (χ2v) is 9.30. The van der Waals surface area contributed by atoms with Crippen molar-refractivity contribution >= 4 is 32.8 Å². The minimum atomic E-state index is 0.514. The number of aromatic nitrogens is 3. The van der Waals surface area contributed by atoms with E-state index in [1.807, 2.05) is 4.52 Å². The second-order valence-electron chi connectivity index (χ2n) is 8.25. The molecule has 1 aromatic carbocycles. The molecule has 0 aliphatic carbocycles. The van der Waals surface area contributed by atoms with Crippen molar-refractivity contribution in [3.05, 3.63) is 41.9 Å². The summed E-state index contributed by atoms with van der Waals surface area (Å²) in [4.78, 5) is 7.96. The van der Waals surface area contributed by atoms with E-state index >= 15 is 0 Å². The lowest BCUT2D eigenvalue weighted by Crippen LogP contribution is -2.21. The molecule has 1 unspecified atom stereocenters. The Hall–Kier alpha value is -2.64. The van der Waals surface area contributed by atoms with Crippen LogP contribution >= 0.6 is 11.3 Å². The largest absolute Gasteiger partial charge is 0.495 e. The summed E-state index contributed by atoms with van der Waals surface area (Å²) in [6.07, 6.45) is 4.07. The van der Waals surface area contributed by atoms with E-state index in [2.05, 4.69) is 53.1 Å². The van der Waals surface area contributed by atoms with Crippen LogP contribution < -0.4 is 10.5 Å². The number of likely N-dealkylation sites (tertiary alicyclic amines) is 1. The van der Waals surface area contributed by atoms with Crippen LogP contribution in [0.3, 0.4) is 0 Å². The molecular weight excluding hydrogens is 394 g/mol. The summed E-state index contributed by atoms with van der Waals surface area (Å²) >= 11 is 1.73. The molecule has 4 heterocycles. The number of methoxy groups -OCH3 is 1. The number of nitrogens with zero attached hydrogens (tertiary/aromatic N) is 4. The third kappa shape index (κ3) is 3.22. The Kier molecular flexibility index (Phi) is 4.87. The van der Waals surface area contributed by atoms with E-state index in [9.17, 15) is 0 Å². The van der Waals surface area contributed by atoms with Crippen LogP contribution in [0, 0.1) is 12.8 Å². The fraction of sp³-hybridized carbons (Fsp3) is 0.391. The molecule has 5 rings (SSSR count). The van der Waals surface area contributed by atoms with Crippen molar-refractivity contribution in [2.24, 2.45) is 5.92 Å². The van der Waals surface area contributed by atoms with Gasteiger partial charge >= 0.3 is 0 Å². The number of nitrogen functional groups attached to an aromatic ring is 1. The van der Waals surface area contributed by atoms with Gasteiger partial charge in [-0.05, 0) is 55.0 Å². The summed E-state index contributed by atoms with van der Waals surface area (Å²) in [6, 6.07) is 8.75. The summed E-state index contributed by atoms with van der Waals surface area (Å²) in [7, 11) is 1.73. The fourth-order valence-corrected chi connectivity index (χ4v) is 5.75. The number of hydrogen-bond donors (Lipinski definition) is 1. The van der Waals surface area contributed by atoms with Gasteiger partial charge in [0.1, 0.15) is 17.6 Å². The summed E-state index contributed by atoms with van der Waals surface area (Å²) in [5, 5.41) is 5.74. The molecular formula is C23H27N5OS. The Morgan fingerprint density at radius 1 is 1.27 bits per heavy atom. The second kappa shape index (κ2) is 7.56. The fourth-order valence-electron chi connectivity index (χ4n) is 4.60. The minimum Gasteiger partial charge on any atom is -0.495 e. The predicted molar refractivity (Wildman–Crippen MR) is 123 cm³/mol. The van der Waals surface area contributed by atoms with Gasteiger partial charge in [-0.3, -0.25) is 4.90 Å². The number of nitrogens with two attached hydrogens (primary N) is 1. The van der Waals surface area contributed by atoms with E-state index in [4.69, 9.17) is 10.5 Å². The summed E-state index contributed by atoms with van der Waals surface area (Å²) in [6.45, 7) is 7.54. The van der Waals surface area contributed by atoms with E-state index < -0.39 is 0 Å². The standard InChI is InChI=1S/C23H27N5OS/c1-4-15-5-6-27(11-15)12-17-10-18(21-23(24)25-13-26-28(17)21)20-9-16-7-14(2)8-19(29-3)22(16)30-20/h7-10,13,15H,4-6,11-12H2,1-3H3,(H2,24,25,26). The maximum atomic E-state index is 6.33. The molecule has 0 radical (unpaired) electrons. The van der Waals surface area contributed by atoms with Crippen LogP contribution in [0.1, 0.15) is 31.0 Å². The van der Waals surface area contributed by atoms with Crippen molar-refractivity contribution in [2.75, 3.05) is 25.9 Å². The van der Waals surface area contributed by atoms with Crippen molar-refractivity contribution in [2.45, 2.75) is 33.2 Å². The normalized spacial score (nSPS) is 17.4. The number of anilines is 1. The number of aryl methyl sites for hydroxylation is 1. The first-order valence-corrected chi connectivity index (χ1v) is 11.3. The Bertz CT molecular complexity index is 1230. The number of ether oxygens (including phenoxy) is 1. The first-order chi connectivity index (χ1) is 14.6. The molecule has 0 bridgehead atoms. The number of rotatable bonds is 5. The van der Waals surface area contributed by atoms with Gasteiger partial charge in [0.2, 0.25) is 0 Å². The van der Waals surface area contributed by atoms with E-state index in [0.29, 0.717) is 5.82 Å². The van der Waals surface area contributed by atoms with Gasteiger partial charge in [-0.15, -0.1) is 11.3 Å². The quantitative estimate of drug-likeness (QED) is 0.504. The van der Waals surface area contributed by atoms with Crippen molar-refractivity contribution < 1.29 is 4.74 Å². The van der Waals surface area contributed by atoms with E-state index in [1.54, 1.807) is 24.8 Å². The third-order valence-electron chi connectivity index (χ3n) is 6.20. The van der Waals surface area contributed by atoms with Crippen LogP contribution in [0.5, 0.6) is 5.75 Å². The van der Waals surface area contributed by atoms with Crippen LogP contribution in [0.4, 0.5) is 5.82 Å². The van der Waals surface area contributed by atoms with Crippen LogP contribution in [-0.2, 0) is 6.54 Å². The Labute approximate surface area is 180 Å². The lowest BCUT2D eigenvalue weighted by Gasteiger charge is -2.15. The van der Waals surface area contributed by atoms with Gasteiger partial charge in [0.15, 0.2) is 5.82 Å². The molecule has 7 heteroatoms. The molecule has 0 amide bonds. The van der Waals surface area contributed by atoms with E-state index in [1.165, 1.54) is 23.8 Å². The highest BCUT2D eigenvalue weighted by Gasteiger charge is 2.24. The molecule has 1 aliphatic rings. The highest BCUT2D eigenvalue weighted by Crippen LogP contribution is 2.42. The van der Waals surface area contributed by atoms with Gasteiger partial charge in [0, 0.05) is 23.5 Å². The molecule has 0 saturated carbocycles. The number of hydrogen-bond acceptors (Lipinski definition) is 6. The molecule has 4 aromatic rings. The highest BCUT2D eigenvalue weighted by molar-refractivity contribution is 7.22. The molecule has 1 aliphatic heterocycles. The zero-order valence-corrected chi connectivity index (χ0v) is 18.5. The monoisotopic (exact) mass is 421 g/mol. The van der Waals surface area contributed by atoms with Gasteiger partial charge in [-0.25, -0.2) is 9.50 Å². The van der Waals surface area contributed by atoms with Crippen LogP contribution in [0.2, 0.25) is 0 Å². The number of thiophene rings is 1. The zero-order valence-electron chi connectivity index (χ0n) is 17.7. The first kappa shape index (κ1) is 19.3. The van der Waals surface area contributed by atoms with Gasteiger partial charge in [-0.2, -0.15) is 5.10 Å². The molecule has 1 atom stereocenters. The zero-order chi connectivity index (χ0) is 20.8. The van der Waals surface area contributed by atoms with Gasteiger partial charge in [-0.1, -0.05) is 19.4 Å². The Balaban J connectivity index is 1.62. The Morgan fingerprint density at radius 3 is 2.90 bits per heavy atom. The first-order valence-electron chi connectivity index (χ1n) is 10.5.